The second-order valence-corrected chi connectivity index (χ2v) is 12.9. The Labute approximate surface area is 227 Å². The van der Waals surface area contributed by atoms with Gasteiger partial charge in [0.05, 0.1) is 12.0 Å². The van der Waals surface area contributed by atoms with E-state index >= 15 is 0 Å². The lowest BCUT2D eigenvalue weighted by Gasteiger charge is -2.36. The van der Waals surface area contributed by atoms with E-state index in [1.807, 2.05) is 0 Å². The molecule has 1 unspecified atom stereocenters. The highest BCUT2D eigenvalue weighted by Gasteiger charge is 2.59. The maximum atomic E-state index is 12.7. The number of carbonyl (C=O) groups is 5. The summed E-state index contributed by atoms with van der Waals surface area (Å²) in [6.45, 7) is 9.40. The van der Waals surface area contributed by atoms with Crippen molar-refractivity contribution in [1.29, 1.82) is 0 Å². The minimum atomic E-state index is -4.00. The van der Waals surface area contributed by atoms with Gasteiger partial charge in [0, 0.05) is 37.6 Å². The van der Waals surface area contributed by atoms with Crippen LogP contribution >= 0.6 is 19.9 Å². The summed E-state index contributed by atoms with van der Waals surface area (Å²) in [6, 6.07) is 0. The van der Waals surface area contributed by atoms with Crippen LogP contribution < -0.4 is 16.0 Å². The third-order valence-corrected chi connectivity index (χ3v) is 6.97. The van der Waals surface area contributed by atoms with Crippen LogP contribution in [-0.2, 0) is 42.2 Å². The molecule has 2 atom stereocenters. The number of thioether (sulfide) groups is 1. The van der Waals surface area contributed by atoms with Crippen LogP contribution in [0.4, 0.5) is 4.79 Å². The number of esters is 1. The number of nitrogens with one attached hydrogen (secondary N) is 3. The minimum Gasteiger partial charge on any atom is -0.463 e. The SMILES string of the molecule is CC(=O)SCCNC(=O)CCNC(=O)[C@@H]1O[P+](O)(OCOC(=O)NCCOC(=O)C(C)(C)C)OCC1(C)C. The molecule has 16 heteroatoms. The molecule has 0 bridgehead atoms. The van der Waals surface area contributed by atoms with Crippen molar-refractivity contribution in [3.8, 4) is 0 Å². The van der Waals surface area contributed by atoms with E-state index in [-0.39, 0.29) is 43.7 Å². The van der Waals surface area contributed by atoms with Gasteiger partial charge in [-0.15, -0.1) is 9.05 Å². The first kappa shape index (κ1) is 34.0. The first-order valence-corrected chi connectivity index (χ1v) is 14.4. The highest BCUT2D eigenvalue weighted by Crippen LogP contribution is 2.63. The summed E-state index contributed by atoms with van der Waals surface area (Å²) in [5.41, 5.74) is -1.50. The number of amides is 3. The standard InChI is InChI=1S/C22H38N3O11PS/c1-15(26)38-12-10-23-16(27)7-8-24-18(28)17-22(5,6)13-34-37(31,36-17)35-14-33-20(30)25-9-11-32-19(29)21(2,3)4/h17,31H,7-14H2,1-6H3,(H2-,23,24,25,27,28,30)/p+1/t17-,37?/m0/s1. The van der Waals surface area contributed by atoms with E-state index < -0.39 is 49.9 Å². The van der Waals surface area contributed by atoms with Crippen molar-refractivity contribution in [1.82, 2.24) is 16.0 Å². The summed E-state index contributed by atoms with van der Waals surface area (Å²) in [5.74, 6) is -0.835. The number of rotatable bonds is 13. The Balaban J connectivity index is 2.40. The van der Waals surface area contributed by atoms with Crippen LogP contribution in [0, 0.1) is 10.8 Å². The molecule has 218 valence electrons. The molecule has 0 spiro atoms. The highest BCUT2D eigenvalue weighted by atomic mass is 32.2. The lowest BCUT2D eigenvalue weighted by molar-refractivity contribution is -0.152. The molecule has 1 aliphatic rings. The van der Waals surface area contributed by atoms with Crippen molar-refractivity contribution in [2.45, 2.75) is 54.1 Å². The predicted octanol–water partition coefficient (Wildman–Crippen LogP) is 1.29. The second-order valence-electron chi connectivity index (χ2n) is 9.94. The molecule has 3 amide bonds. The van der Waals surface area contributed by atoms with Crippen molar-refractivity contribution in [3.05, 3.63) is 0 Å². The first-order chi connectivity index (χ1) is 17.6. The van der Waals surface area contributed by atoms with Crippen molar-refractivity contribution in [2.24, 2.45) is 10.8 Å². The van der Waals surface area contributed by atoms with Crippen LogP contribution in [0.3, 0.4) is 0 Å². The fourth-order valence-electron chi connectivity index (χ4n) is 2.68. The number of hydrogen-bond donors (Lipinski definition) is 4. The van der Waals surface area contributed by atoms with E-state index in [2.05, 4.69) is 16.0 Å². The average molecular weight is 585 g/mol. The summed E-state index contributed by atoms with van der Waals surface area (Å²) in [6.07, 6.45) is -2.06. The van der Waals surface area contributed by atoms with Crippen LogP contribution in [-0.4, -0.2) is 85.4 Å². The molecule has 14 nitrogen and oxygen atoms in total. The van der Waals surface area contributed by atoms with Crippen LogP contribution in [0.5, 0.6) is 0 Å². The van der Waals surface area contributed by atoms with E-state index in [1.54, 1.807) is 34.6 Å². The van der Waals surface area contributed by atoms with Gasteiger partial charge in [-0.3, -0.25) is 19.2 Å². The number of ether oxygens (including phenoxy) is 2. The normalized spacial score (nSPS) is 20.7. The zero-order valence-corrected chi connectivity index (χ0v) is 24.3. The highest BCUT2D eigenvalue weighted by molar-refractivity contribution is 8.13. The first-order valence-electron chi connectivity index (χ1n) is 11.9. The lowest BCUT2D eigenvalue weighted by atomic mass is 9.87. The van der Waals surface area contributed by atoms with Crippen molar-refractivity contribution >= 4 is 48.9 Å². The molecule has 38 heavy (non-hydrogen) atoms. The summed E-state index contributed by atoms with van der Waals surface area (Å²) in [7, 11) is -4.00. The predicted molar refractivity (Wildman–Crippen MR) is 138 cm³/mol. The van der Waals surface area contributed by atoms with Gasteiger partial charge >= 0.3 is 20.2 Å². The Kier molecular flexibility index (Phi) is 13.9. The molecule has 1 saturated heterocycles. The third kappa shape index (κ3) is 13.2. The van der Waals surface area contributed by atoms with Crippen LogP contribution in [0.25, 0.3) is 0 Å². The molecule has 0 aromatic heterocycles. The zero-order chi connectivity index (χ0) is 29.0. The minimum absolute atomic E-state index is 0.00109. The van der Waals surface area contributed by atoms with Crippen LogP contribution in [0.15, 0.2) is 0 Å². The fourth-order valence-corrected chi connectivity index (χ4v) is 4.69. The summed E-state index contributed by atoms with van der Waals surface area (Å²) in [4.78, 5) is 69.5. The number of carbonyl (C=O) groups excluding carboxylic acids is 5. The van der Waals surface area contributed by atoms with E-state index in [1.165, 1.54) is 6.92 Å². The number of hydrogen-bond acceptors (Lipinski definition) is 12. The van der Waals surface area contributed by atoms with Gasteiger partial charge in [-0.1, -0.05) is 25.6 Å². The molecule has 4 N–H and O–H groups in total. The van der Waals surface area contributed by atoms with Gasteiger partial charge in [0.2, 0.25) is 12.7 Å². The summed E-state index contributed by atoms with van der Waals surface area (Å²) in [5, 5.41) is 7.54. The van der Waals surface area contributed by atoms with Crippen LogP contribution in [0.1, 0.15) is 48.0 Å². The van der Waals surface area contributed by atoms with Gasteiger partial charge in [-0.05, 0) is 20.8 Å². The third-order valence-electron chi connectivity index (χ3n) is 4.79. The smallest absolute Gasteiger partial charge is 0.463 e. The molecule has 1 heterocycles. The molecule has 1 fully saturated rings. The molecule has 0 aromatic rings. The maximum Gasteiger partial charge on any atom is 0.576 e. The van der Waals surface area contributed by atoms with Crippen LogP contribution in [0.2, 0.25) is 0 Å². The maximum absolute atomic E-state index is 12.7. The second kappa shape index (κ2) is 15.5. The van der Waals surface area contributed by atoms with Gasteiger partial charge in [0.25, 0.3) is 5.91 Å². The lowest BCUT2D eigenvalue weighted by Crippen LogP contribution is -2.51. The monoisotopic (exact) mass is 584 g/mol. The van der Waals surface area contributed by atoms with E-state index in [0.717, 1.165) is 11.8 Å². The van der Waals surface area contributed by atoms with E-state index in [9.17, 15) is 28.9 Å². The van der Waals surface area contributed by atoms with E-state index in [4.69, 9.17) is 23.0 Å². The Morgan fingerprint density at radius 1 is 1.05 bits per heavy atom. The van der Waals surface area contributed by atoms with Gasteiger partial charge in [-0.2, -0.15) is 9.42 Å². The van der Waals surface area contributed by atoms with Crippen molar-refractivity contribution in [2.75, 3.05) is 45.4 Å². The Bertz CT molecular complexity index is 853. The summed E-state index contributed by atoms with van der Waals surface area (Å²) < 4.78 is 25.7. The molecule has 0 aromatic carbocycles. The Hall–Kier alpha value is -2.03. The van der Waals surface area contributed by atoms with Gasteiger partial charge in [-0.25, -0.2) is 4.79 Å². The Morgan fingerprint density at radius 3 is 2.37 bits per heavy atom. The quantitative estimate of drug-likeness (QED) is 0.105. The van der Waals surface area contributed by atoms with Crippen molar-refractivity contribution in [3.63, 3.8) is 0 Å². The largest absolute Gasteiger partial charge is 0.576 e. The molecular weight excluding hydrogens is 545 g/mol. The molecule has 0 aliphatic carbocycles. The zero-order valence-electron chi connectivity index (χ0n) is 22.6. The van der Waals surface area contributed by atoms with Crippen molar-refractivity contribution < 1.29 is 51.9 Å². The van der Waals surface area contributed by atoms with E-state index in [0.29, 0.717) is 12.3 Å². The number of alkyl carbamates (subject to hydrolysis) is 1. The molecular formula is C22H39N3O11PS+. The fraction of sp³-hybridized carbons (Fsp3) is 0.773. The molecule has 1 aliphatic heterocycles. The van der Waals surface area contributed by atoms with Gasteiger partial charge < -0.3 is 25.4 Å². The summed E-state index contributed by atoms with van der Waals surface area (Å²) >= 11 is 1.10. The van der Waals surface area contributed by atoms with Gasteiger partial charge in [0.15, 0.2) is 11.2 Å². The molecule has 0 saturated carbocycles. The average Bonchev–Trinajstić information content (AvgIpc) is 2.80. The Morgan fingerprint density at radius 2 is 1.74 bits per heavy atom. The van der Waals surface area contributed by atoms with Gasteiger partial charge in [0.1, 0.15) is 13.2 Å². The molecule has 1 rings (SSSR count). The topological polar surface area (TPSA) is 188 Å². The molecule has 0 radical (unpaired) electrons.